The average molecular weight is 168 g/mol. The van der Waals surface area contributed by atoms with Crippen molar-refractivity contribution in [2.45, 2.75) is 13.8 Å². The van der Waals surface area contributed by atoms with E-state index in [0.29, 0.717) is 5.70 Å². The second kappa shape index (κ2) is 2.84. The van der Waals surface area contributed by atoms with Crippen molar-refractivity contribution in [2.75, 3.05) is 0 Å². The molecule has 0 bridgehead atoms. The maximum Gasteiger partial charge on any atom is 0.310 e. The monoisotopic (exact) mass is 168 g/mol. The summed E-state index contributed by atoms with van der Waals surface area (Å²) >= 11 is 0. The van der Waals surface area contributed by atoms with E-state index >= 15 is 0 Å². The van der Waals surface area contributed by atoms with Crippen molar-refractivity contribution in [3.05, 3.63) is 11.3 Å². The normalized spacial score (nSPS) is 18.7. The Balaban J connectivity index is 2.97. The summed E-state index contributed by atoms with van der Waals surface area (Å²) < 4.78 is 0. The Labute approximate surface area is 68.8 Å². The highest BCUT2D eigenvalue weighted by Gasteiger charge is 2.28. The summed E-state index contributed by atoms with van der Waals surface area (Å²) in [5.74, 6) is -2.40. The molecule has 1 unspecified atom stereocenters. The van der Waals surface area contributed by atoms with Crippen molar-refractivity contribution in [1.29, 1.82) is 0 Å². The molecule has 1 amide bonds. The molecule has 0 saturated heterocycles. The third-order valence-corrected chi connectivity index (χ3v) is 1.71. The summed E-state index contributed by atoms with van der Waals surface area (Å²) in [6, 6.07) is 0. The van der Waals surface area contributed by atoms with Gasteiger partial charge in [-0.2, -0.15) is 5.11 Å². The minimum atomic E-state index is -1.04. The van der Waals surface area contributed by atoms with Gasteiger partial charge in [0.15, 0.2) is 0 Å². The molecule has 1 aliphatic rings. The standard InChI is InChI=1S/C7H8N2O3/c1-3(7(11)12)5-4(2)8-9-6(5)10/h3H,1-2H3,(H,11,12). The zero-order chi connectivity index (χ0) is 9.30. The number of aliphatic carboxylic acids is 1. The van der Waals surface area contributed by atoms with Gasteiger partial charge in [0.05, 0.1) is 17.2 Å². The van der Waals surface area contributed by atoms with E-state index in [-0.39, 0.29) is 5.57 Å². The molecule has 1 heterocycles. The van der Waals surface area contributed by atoms with Crippen LogP contribution >= 0.6 is 0 Å². The summed E-state index contributed by atoms with van der Waals surface area (Å²) in [5, 5.41) is 15.4. The second-order valence-corrected chi connectivity index (χ2v) is 2.56. The summed E-state index contributed by atoms with van der Waals surface area (Å²) in [6.07, 6.45) is 0. The number of hydrogen-bond donors (Lipinski definition) is 1. The topological polar surface area (TPSA) is 79.1 Å². The maximum absolute atomic E-state index is 10.9. The molecule has 1 rings (SSSR count). The van der Waals surface area contributed by atoms with E-state index in [4.69, 9.17) is 5.11 Å². The lowest BCUT2D eigenvalue weighted by atomic mass is 10.00. The van der Waals surface area contributed by atoms with E-state index in [2.05, 4.69) is 10.2 Å². The molecule has 0 aliphatic carbocycles. The summed E-state index contributed by atoms with van der Waals surface area (Å²) in [6.45, 7) is 3.01. The van der Waals surface area contributed by atoms with Crippen LogP contribution in [0.1, 0.15) is 13.8 Å². The number of amides is 1. The summed E-state index contributed by atoms with van der Waals surface area (Å²) in [4.78, 5) is 21.5. The highest BCUT2D eigenvalue weighted by Crippen LogP contribution is 2.23. The summed E-state index contributed by atoms with van der Waals surface area (Å²) in [5.41, 5.74) is 0.581. The first-order valence-electron chi connectivity index (χ1n) is 3.43. The van der Waals surface area contributed by atoms with Crippen LogP contribution in [0, 0.1) is 5.92 Å². The van der Waals surface area contributed by atoms with Crippen molar-refractivity contribution in [1.82, 2.24) is 0 Å². The fourth-order valence-corrected chi connectivity index (χ4v) is 1.00. The van der Waals surface area contributed by atoms with Gasteiger partial charge in [0, 0.05) is 0 Å². The third kappa shape index (κ3) is 1.25. The van der Waals surface area contributed by atoms with Crippen LogP contribution in [0.5, 0.6) is 0 Å². The predicted octanol–water partition coefficient (Wildman–Crippen LogP) is 0.974. The van der Waals surface area contributed by atoms with Gasteiger partial charge in [0.25, 0.3) is 5.91 Å². The van der Waals surface area contributed by atoms with Gasteiger partial charge >= 0.3 is 5.97 Å². The van der Waals surface area contributed by atoms with Gasteiger partial charge < -0.3 is 5.11 Å². The van der Waals surface area contributed by atoms with Crippen LogP contribution in [0.2, 0.25) is 0 Å². The number of carbonyl (C=O) groups excluding carboxylic acids is 1. The molecular formula is C7H8N2O3. The number of carbonyl (C=O) groups is 2. The number of allylic oxidation sites excluding steroid dienone is 1. The Bertz CT molecular complexity index is 304. The molecule has 0 aromatic carbocycles. The number of nitrogens with zero attached hydrogens (tertiary/aromatic N) is 2. The molecule has 5 heteroatoms. The number of carboxylic acids is 1. The van der Waals surface area contributed by atoms with Crippen molar-refractivity contribution in [3.63, 3.8) is 0 Å². The molecule has 64 valence electrons. The smallest absolute Gasteiger partial charge is 0.310 e. The Hall–Kier alpha value is -1.52. The van der Waals surface area contributed by atoms with Gasteiger partial charge in [-0.25, -0.2) is 0 Å². The van der Waals surface area contributed by atoms with Gasteiger partial charge in [-0.15, -0.1) is 5.11 Å². The number of azo groups is 1. The largest absolute Gasteiger partial charge is 0.481 e. The van der Waals surface area contributed by atoms with E-state index in [1.807, 2.05) is 0 Å². The fourth-order valence-electron chi connectivity index (χ4n) is 1.00. The Kier molecular flexibility index (Phi) is 2.03. The van der Waals surface area contributed by atoms with Crippen LogP contribution in [0.25, 0.3) is 0 Å². The SMILES string of the molecule is CC1=C(C(C)C(=O)O)C(=O)N=N1. The van der Waals surface area contributed by atoms with Gasteiger partial charge in [0.1, 0.15) is 0 Å². The Morgan fingerprint density at radius 2 is 2.08 bits per heavy atom. The lowest BCUT2D eigenvalue weighted by Gasteiger charge is -2.04. The van der Waals surface area contributed by atoms with Gasteiger partial charge in [-0.1, -0.05) is 0 Å². The molecule has 0 fully saturated rings. The first kappa shape index (κ1) is 8.58. The Morgan fingerprint density at radius 1 is 1.50 bits per heavy atom. The maximum atomic E-state index is 10.9. The van der Waals surface area contributed by atoms with Crippen molar-refractivity contribution < 1.29 is 14.7 Å². The zero-order valence-electron chi connectivity index (χ0n) is 6.74. The highest BCUT2D eigenvalue weighted by molar-refractivity contribution is 6.00. The minimum Gasteiger partial charge on any atom is -0.481 e. The lowest BCUT2D eigenvalue weighted by molar-refractivity contribution is -0.140. The molecule has 0 radical (unpaired) electrons. The van der Waals surface area contributed by atoms with Gasteiger partial charge in [-0.3, -0.25) is 9.59 Å². The fraction of sp³-hybridized carbons (Fsp3) is 0.429. The van der Waals surface area contributed by atoms with Gasteiger partial charge in [-0.05, 0) is 13.8 Å². The van der Waals surface area contributed by atoms with Crippen molar-refractivity contribution in [2.24, 2.45) is 16.1 Å². The average Bonchev–Trinajstić information content (AvgIpc) is 2.30. The molecule has 0 saturated carbocycles. The number of carboxylic acid groups (broad SMARTS) is 1. The molecule has 1 atom stereocenters. The third-order valence-electron chi connectivity index (χ3n) is 1.71. The summed E-state index contributed by atoms with van der Waals surface area (Å²) in [7, 11) is 0. The van der Waals surface area contributed by atoms with E-state index in [9.17, 15) is 9.59 Å². The van der Waals surface area contributed by atoms with Crippen LogP contribution in [0.4, 0.5) is 0 Å². The first-order chi connectivity index (χ1) is 5.54. The molecule has 1 N–H and O–H groups in total. The molecule has 1 aliphatic heterocycles. The predicted molar refractivity (Wildman–Crippen MR) is 39.4 cm³/mol. The molecule has 0 aromatic rings. The second-order valence-electron chi connectivity index (χ2n) is 2.56. The highest BCUT2D eigenvalue weighted by atomic mass is 16.4. The Morgan fingerprint density at radius 3 is 2.42 bits per heavy atom. The number of hydrogen-bond acceptors (Lipinski definition) is 3. The van der Waals surface area contributed by atoms with Crippen LogP contribution in [-0.4, -0.2) is 17.0 Å². The zero-order valence-corrected chi connectivity index (χ0v) is 6.74. The molecule has 0 aromatic heterocycles. The van der Waals surface area contributed by atoms with Crippen molar-refractivity contribution >= 4 is 11.9 Å². The van der Waals surface area contributed by atoms with Crippen LogP contribution in [0.3, 0.4) is 0 Å². The van der Waals surface area contributed by atoms with E-state index < -0.39 is 17.8 Å². The van der Waals surface area contributed by atoms with Crippen LogP contribution in [-0.2, 0) is 9.59 Å². The first-order valence-corrected chi connectivity index (χ1v) is 3.43. The molecule has 5 nitrogen and oxygen atoms in total. The molecule has 12 heavy (non-hydrogen) atoms. The quantitative estimate of drug-likeness (QED) is 0.667. The van der Waals surface area contributed by atoms with Crippen LogP contribution < -0.4 is 0 Å². The van der Waals surface area contributed by atoms with E-state index in [0.717, 1.165) is 0 Å². The van der Waals surface area contributed by atoms with E-state index in [1.165, 1.54) is 6.92 Å². The number of rotatable bonds is 2. The minimum absolute atomic E-state index is 0.183. The van der Waals surface area contributed by atoms with Gasteiger partial charge in [0.2, 0.25) is 0 Å². The van der Waals surface area contributed by atoms with Crippen LogP contribution in [0.15, 0.2) is 21.5 Å². The molecule has 0 spiro atoms. The lowest BCUT2D eigenvalue weighted by Crippen LogP contribution is -2.16. The molecular weight excluding hydrogens is 160 g/mol. The van der Waals surface area contributed by atoms with E-state index in [1.54, 1.807) is 6.92 Å². The van der Waals surface area contributed by atoms with Crippen molar-refractivity contribution in [3.8, 4) is 0 Å².